The molecule has 1 aromatic rings. The molecule has 25 heavy (non-hydrogen) atoms. The Kier molecular flexibility index (Phi) is 5.23. The Morgan fingerprint density at radius 1 is 1.20 bits per heavy atom. The minimum Gasteiger partial charge on any atom is -0.444 e. The molecule has 2 saturated heterocycles. The number of carbonyl (C=O) groups is 1. The van der Waals surface area contributed by atoms with Crippen LogP contribution in [0.1, 0.15) is 52.0 Å². The summed E-state index contributed by atoms with van der Waals surface area (Å²) in [4.78, 5) is 14.5. The van der Waals surface area contributed by atoms with Gasteiger partial charge in [0.15, 0.2) is 0 Å². The van der Waals surface area contributed by atoms with Crippen LogP contribution in [0.4, 0.5) is 10.5 Å². The smallest absolute Gasteiger partial charge is 0.410 e. The van der Waals surface area contributed by atoms with Crippen molar-refractivity contribution in [2.24, 2.45) is 0 Å². The molecule has 3 rings (SSSR count). The van der Waals surface area contributed by atoms with Crippen molar-refractivity contribution in [2.45, 2.75) is 76.6 Å². The second-order valence-electron chi connectivity index (χ2n) is 8.26. The molecule has 5 nitrogen and oxygen atoms in total. The summed E-state index contributed by atoms with van der Waals surface area (Å²) in [6.07, 6.45) is 4.60. The number of carbonyl (C=O) groups excluding carboxylic acids is 1. The second-order valence-corrected chi connectivity index (χ2v) is 8.26. The number of hydrogen-bond acceptors (Lipinski definition) is 4. The summed E-state index contributed by atoms with van der Waals surface area (Å²) in [6, 6.07) is 9.21. The summed E-state index contributed by atoms with van der Waals surface area (Å²) in [6.45, 7) is 5.93. The SMILES string of the molecule is CC(C)(C)OC(=O)N1C2CCC1CC(Nc1ccc(CCO)cc1)C2. The van der Waals surface area contributed by atoms with Crippen molar-refractivity contribution < 1.29 is 14.6 Å². The molecule has 0 radical (unpaired) electrons. The van der Waals surface area contributed by atoms with Crippen LogP contribution in [-0.4, -0.2) is 46.4 Å². The average Bonchev–Trinajstić information content (AvgIpc) is 2.80. The molecule has 2 heterocycles. The minimum absolute atomic E-state index is 0.160. The van der Waals surface area contributed by atoms with Crippen molar-refractivity contribution >= 4 is 11.8 Å². The molecule has 2 aliphatic heterocycles. The molecule has 5 heteroatoms. The van der Waals surface area contributed by atoms with Crippen LogP contribution in [0.25, 0.3) is 0 Å². The predicted octanol–water partition coefficient (Wildman–Crippen LogP) is 3.56. The number of hydrogen-bond donors (Lipinski definition) is 2. The number of aliphatic hydroxyl groups is 1. The number of ether oxygens (including phenoxy) is 1. The Balaban J connectivity index is 1.59. The molecule has 2 unspecified atom stereocenters. The average molecular weight is 346 g/mol. The lowest BCUT2D eigenvalue weighted by Gasteiger charge is -2.40. The van der Waals surface area contributed by atoms with E-state index in [-0.39, 0.29) is 24.8 Å². The summed E-state index contributed by atoms with van der Waals surface area (Å²) >= 11 is 0. The summed E-state index contributed by atoms with van der Waals surface area (Å²) in [7, 11) is 0. The normalized spacial score (nSPS) is 25.8. The zero-order valence-corrected chi connectivity index (χ0v) is 15.5. The third-order valence-corrected chi connectivity index (χ3v) is 5.06. The molecule has 2 bridgehead atoms. The number of piperidine rings is 1. The number of anilines is 1. The first-order valence-electron chi connectivity index (χ1n) is 9.33. The van der Waals surface area contributed by atoms with E-state index in [2.05, 4.69) is 29.6 Å². The summed E-state index contributed by atoms with van der Waals surface area (Å²) in [5.74, 6) is 0. The molecule has 1 amide bonds. The Morgan fingerprint density at radius 3 is 2.32 bits per heavy atom. The van der Waals surface area contributed by atoms with Gasteiger partial charge in [0.2, 0.25) is 0 Å². The maximum absolute atomic E-state index is 12.5. The zero-order valence-electron chi connectivity index (χ0n) is 15.5. The lowest BCUT2D eigenvalue weighted by atomic mass is 9.97. The van der Waals surface area contributed by atoms with Gasteiger partial charge in [-0.15, -0.1) is 0 Å². The number of aliphatic hydroxyl groups excluding tert-OH is 1. The van der Waals surface area contributed by atoms with E-state index >= 15 is 0 Å². The number of nitrogens with one attached hydrogen (secondary N) is 1. The van der Waals surface area contributed by atoms with Gasteiger partial charge in [0.25, 0.3) is 0 Å². The van der Waals surface area contributed by atoms with Crippen molar-refractivity contribution in [2.75, 3.05) is 11.9 Å². The van der Waals surface area contributed by atoms with Crippen LogP contribution >= 0.6 is 0 Å². The van der Waals surface area contributed by atoms with Gasteiger partial charge in [-0.25, -0.2) is 4.79 Å². The van der Waals surface area contributed by atoms with Crippen LogP contribution in [0.5, 0.6) is 0 Å². The fourth-order valence-corrected chi connectivity index (χ4v) is 4.04. The van der Waals surface area contributed by atoms with Gasteiger partial charge in [0.1, 0.15) is 5.60 Å². The fourth-order valence-electron chi connectivity index (χ4n) is 4.04. The van der Waals surface area contributed by atoms with Crippen molar-refractivity contribution in [3.63, 3.8) is 0 Å². The van der Waals surface area contributed by atoms with Gasteiger partial charge in [-0.05, 0) is 70.6 Å². The molecule has 2 N–H and O–H groups in total. The molecule has 2 atom stereocenters. The fraction of sp³-hybridized carbons (Fsp3) is 0.650. The maximum atomic E-state index is 12.5. The molecule has 2 aliphatic rings. The van der Waals surface area contributed by atoms with E-state index in [0.717, 1.165) is 36.9 Å². The van der Waals surface area contributed by atoms with Crippen molar-refractivity contribution in [3.05, 3.63) is 29.8 Å². The molecule has 0 saturated carbocycles. The first kappa shape index (κ1) is 18.1. The van der Waals surface area contributed by atoms with Crippen molar-refractivity contribution in [3.8, 4) is 0 Å². The Labute approximate surface area is 150 Å². The first-order valence-corrected chi connectivity index (χ1v) is 9.33. The van der Waals surface area contributed by atoms with Crippen molar-refractivity contribution in [1.29, 1.82) is 0 Å². The molecule has 138 valence electrons. The maximum Gasteiger partial charge on any atom is 0.410 e. The lowest BCUT2D eigenvalue weighted by molar-refractivity contribution is 0.00683. The molecular formula is C20H30N2O3. The molecule has 1 aromatic carbocycles. The van der Waals surface area contributed by atoms with Crippen LogP contribution in [0, 0.1) is 0 Å². The standard InChI is InChI=1S/C20H30N2O3/c1-20(2,3)25-19(24)22-17-8-9-18(22)13-16(12-17)21-15-6-4-14(5-7-15)10-11-23/h4-7,16-18,21,23H,8-13H2,1-3H3. The van der Waals surface area contributed by atoms with Gasteiger partial charge in [-0.2, -0.15) is 0 Å². The second kappa shape index (κ2) is 7.24. The van der Waals surface area contributed by atoms with Crippen LogP contribution in [0.15, 0.2) is 24.3 Å². The van der Waals surface area contributed by atoms with E-state index in [1.807, 2.05) is 25.7 Å². The number of nitrogens with zero attached hydrogens (tertiary/aromatic N) is 1. The highest BCUT2D eigenvalue weighted by Gasteiger charge is 2.44. The third-order valence-electron chi connectivity index (χ3n) is 5.06. The van der Waals surface area contributed by atoms with Crippen molar-refractivity contribution in [1.82, 2.24) is 4.90 Å². The number of benzene rings is 1. The highest BCUT2D eigenvalue weighted by atomic mass is 16.6. The third kappa shape index (κ3) is 4.46. The van der Waals surface area contributed by atoms with E-state index in [0.29, 0.717) is 12.5 Å². The molecule has 2 fully saturated rings. The van der Waals surface area contributed by atoms with E-state index in [1.54, 1.807) is 0 Å². The highest BCUT2D eigenvalue weighted by Crippen LogP contribution is 2.37. The Hall–Kier alpha value is -1.75. The Bertz CT molecular complexity index is 580. The van der Waals surface area contributed by atoms with Crippen LogP contribution in [0.3, 0.4) is 0 Å². The predicted molar refractivity (Wildman–Crippen MR) is 98.8 cm³/mol. The van der Waals surface area contributed by atoms with Gasteiger partial charge < -0.3 is 20.1 Å². The summed E-state index contributed by atoms with van der Waals surface area (Å²) < 4.78 is 5.59. The van der Waals surface area contributed by atoms with Gasteiger partial charge in [-0.3, -0.25) is 0 Å². The number of fused-ring (bicyclic) bond motifs is 2. The summed E-state index contributed by atoms with van der Waals surface area (Å²) in [5.41, 5.74) is 1.81. The van der Waals surface area contributed by atoms with Crippen LogP contribution < -0.4 is 5.32 Å². The van der Waals surface area contributed by atoms with E-state index < -0.39 is 5.60 Å². The number of rotatable bonds is 4. The van der Waals surface area contributed by atoms with E-state index in [9.17, 15) is 4.79 Å². The molecule has 0 aliphatic carbocycles. The van der Waals surface area contributed by atoms with Gasteiger partial charge in [0, 0.05) is 30.4 Å². The quantitative estimate of drug-likeness (QED) is 0.875. The minimum atomic E-state index is -0.443. The molecule has 0 aromatic heterocycles. The monoisotopic (exact) mass is 346 g/mol. The zero-order chi connectivity index (χ0) is 18.0. The number of amides is 1. The topological polar surface area (TPSA) is 61.8 Å². The largest absolute Gasteiger partial charge is 0.444 e. The highest BCUT2D eigenvalue weighted by molar-refractivity contribution is 5.69. The Morgan fingerprint density at radius 2 is 1.80 bits per heavy atom. The summed E-state index contributed by atoms with van der Waals surface area (Å²) in [5, 5.41) is 12.6. The first-order chi connectivity index (χ1) is 11.9. The van der Waals surface area contributed by atoms with E-state index in [4.69, 9.17) is 9.84 Å². The lowest BCUT2D eigenvalue weighted by Crippen LogP contribution is -2.51. The molecular weight excluding hydrogens is 316 g/mol. The van der Waals surface area contributed by atoms with E-state index in [1.165, 1.54) is 0 Å². The van der Waals surface area contributed by atoms with Gasteiger partial charge >= 0.3 is 6.09 Å². The van der Waals surface area contributed by atoms with Gasteiger partial charge in [0.05, 0.1) is 0 Å². The van der Waals surface area contributed by atoms with Crippen LogP contribution in [-0.2, 0) is 11.2 Å². The molecule has 0 spiro atoms. The van der Waals surface area contributed by atoms with Gasteiger partial charge in [-0.1, -0.05) is 12.1 Å². The van der Waals surface area contributed by atoms with Crippen LogP contribution in [0.2, 0.25) is 0 Å².